The topological polar surface area (TPSA) is 66.5 Å². The van der Waals surface area contributed by atoms with Crippen LogP contribution in [-0.2, 0) is 21.4 Å². The molecule has 2 aromatic rings. The number of amides is 1. The zero-order valence-electron chi connectivity index (χ0n) is 14.0. The molecule has 0 bridgehead atoms. The van der Waals surface area contributed by atoms with Gasteiger partial charge in [0.25, 0.3) is 0 Å². The second-order valence-corrected chi connectivity index (χ2v) is 8.80. The summed E-state index contributed by atoms with van der Waals surface area (Å²) in [6.07, 6.45) is 1.04. The molecule has 2 aromatic carbocycles. The van der Waals surface area contributed by atoms with E-state index >= 15 is 0 Å². The fraction of sp³-hybridized carbons (Fsp3) is 0.235. The molecule has 26 heavy (non-hydrogen) atoms. The van der Waals surface area contributed by atoms with Crippen LogP contribution in [0.5, 0.6) is 0 Å². The number of rotatable bonds is 6. The maximum Gasteiger partial charge on any atom is 0.243 e. The predicted molar refractivity (Wildman–Crippen MR) is 107 cm³/mol. The Labute approximate surface area is 167 Å². The molecule has 2 rings (SSSR count). The summed E-state index contributed by atoms with van der Waals surface area (Å²) in [4.78, 5) is 12.5. The Morgan fingerprint density at radius 1 is 1.08 bits per heavy atom. The molecule has 0 fully saturated rings. The molecular weight excluding hydrogens is 419 g/mol. The van der Waals surface area contributed by atoms with Crippen LogP contribution in [0.3, 0.4) is 0 Å². The third-order valence-corrected chi connectivity index (χ3v) is 5.72. The summed E-state index contributed by atoms with van der Waals surface area (Å²) >= 11 is 17.8. The molecule has 1 N–H and O–H groups in total. The van der Waals surface area contributed by atoms with Crippen molar-refractivity contribution in [2.24, 2.45) is 0 Å². The Balaban J connectivity index is 2.18. The first-order valence-electron chi connectivity index (χ1n) is 7.56. The van der Waals surface area contributed by atoms with E-state index < -0.39 is 22.0 Å². The van der Waals surface area contributed by atoms with Crippen molar-refractivity contribution in [2.75, 3.05) is 10.6 Å². The highest BCUT2D eigenvalue weighted by atomic mass is 35.5. The van der Waals surface area contributed by atoms with E-state index in [1.54, 1.807) is 42.5 Å². The summed E-state index contributed by atoms with van der Waals surface area (Å²) in [6.45, 7) is 1.66. The van der Waals surface area contributed by atoms with Crippen LogP contribution in [0.25, 0.3) is 0 Å². The number of nitrogens with one attached hydrogen (secondary N) is 1. The first kappa shape index (κ1) is 20.8. The van der Waals surface area contributed by atoms with E-state index in [9.17, 15) is 13.2 Å². The quantitative estimate of drug-likeness (QED) is 0.742. The second kappa shape index (κ2) is 8.48. The van der Waals surface area contributed by atoms with E-state index in [1.165, 1.54) is 6.92 Å². The molecule has 0 saturated carbocycles. The third-order valence-electron chi connectivity index (χ3n) is 3.64. The van der Waals surface area contributed by atoms with Gasteiger partial charge >= 0.3 is 0 Å². The standard InChI is InChI=1S/C17H17Cl3N2O3S/c1-11(17(23)21-10-12-3-4-14(19)9-16(12)20)22(26(2,24)25)15-7-5-13(18)6-8-15/h3-9,11H,10H2,1-2H3,(H,21,23)/t11-/m1/s1. The highest BCUT2D eigenvalue weighted by Crippen LogP contribution is 2.24. The van der Waals surface area contributed by atoms with Crippen LogP contribution in [0.4, 0.5) is 5.69 Å². The van der Waals surface area contributed by atoms with E-state index in [0.717, 1.165) is 10.6 Å². The maximum atomic E-state index is 12.5. The van der Waals surface area contributed by atoms with Crippen molar-refractivity contribution in [2.45, 2.75) is 19.5 Å². The van der Waals surface area contributed by atoms with Gasteiger partial charge in [-0.3, -0.25) is 9.10 Å². The van der Waals surface area contributed by atoms with Gasteiger partial charge in [-0.2, -0.15) is 0 Å². The Morgan fingerprint density at radius 2 is 1.65 bits per heavy atom. The Bertz CT molecular complexity index is 902. The fourth-order valence-corrected chi connectivity index (χ4v) is 4.17. The summed E-state index contributed by atoms with van der Waals surface area (Å²) in [5, 5.41) is 4.07. The van der Waals surface area contributed by atoms with Crippen LogP contribution in [-0.4, -0.2) is 26.6 Å². The molecule has 0 spiro atoms. The van der Waals surface area contributed by atoms with Gasteiger partial charge in [-0.05, 0) is 48.9 Å². The summed E-state index contributed by atoms with van der Waals surface area (Å²) in [6, 6.07) is 10.2. The summed E-state index contributed by atoms with van der Waals surface area (Å²) < 4.78 is 25.5. The molecule has 0 aliphatic heterocycles. The van der Waals surface area contributed by atoms with Gasteiger partial charge in [-0.1, -0.05) is 40.9 Å². The van der Waals surface area contributed by atoms with Crippen molar-refractivity contribution in [1.82, 2.24) is 5.32 Å². The molecule has 0 heterocycles. The van der Waals surface area contributed by atoms with Crippen molar-refractivity contribution in [1.29, 1.82) is 0 Å². The lowest BCUT2D eigenvalue weighted by Gasteiger charge is -2.28. The molecule has 0 aliphatic carbocycles. The summed E-state index contributed by atoms with van der Waals surface area (Å²) in [5.74, 6) is -0.462. The van der Waals surface area contributed by atoms with Gasteiger partial charge in [0.15, 0.2) is 0 Å². The highest BCUT2D eigenvalue weighted by Gasteiger charge is 2.29. The Kier molecular flexibility index (Phi) is 6.80. The van der Waals surface area contributed by atoms with E-state index in [1.807, 2.05) is 0 Å². The molecule has 9 heteroatoms. The van der Waals surface area contributed by atoms with E-state index in [2.05, 4.69) is 5.32 Å². The summed E-state index contributed by atoms with van der Waals surface area (Å²) in [5.41, 5.74) is 1.03. The number of benzene rings is 2. The van der Waals surface area contributed by atoms with Crippen LogP contribution in [0.1, 0.15) is 12.5 Å². The molecule has 1 amide bonds. The van der Waals surface area contributed by atoms with Crippen molar-refractivity contribution in [3.8, 4) is 0 Å². The molecule has 1 atom stereocenters. The van der Waals surface area contributed by atoms with Crippen LogP contribution < -0.4 is 9.62 Å². The monoisotopic (exact) mass is 434 g/mol. The molecule has 0 aliphatic rings. The second-order valence-electron chi connectivity index (χ2n) is 5.66. The number of carbonyl (C=O) groups is 1. The fourth-order valence-electron chi connectivity index (χ4n) is 2.39. The van der Waals surface area contributed by atoms with Gasteiger partial charge in [-0.15, -0.1) is 0 Å². The SMILES string of the molecule is C[C@H](C(=O)NCc1ccc(Cl)cc1Cl)N(c1ccc(Cl)cc1)S(C)(=O)=O. The van der Waals surface area contributed by atoms with Crippen LogP contribution in [0.15, 0.2) is 42.5 Å². The number of anilines is 1. The number of hydrogen-bond donors (Lipinski definition) is 1. The largest absolute Gasteiger partial charge is 0.350 e. The number of sulfonamides is 1. The lowest BCUT2D eigenvalue weighted by molar-refractivity contribution is -0.122. The minimum absolute atomic E-state index is 0.150. The number of carbonyl (C=O) groups excluding carboxylic acids is 1. The van der Waals surface area contributed by atoms with E-state index in [-0.39, 0.29) is 6.54 Å². The van der Waals surface area contributed by atoms with Gasteiger partial charge in [0.05, 0.1) is 11.9 Å². The Morgan fingerprint density at radius 3 is 2.19 bits per heavy atom. The first-order chi connectivity index (χ1) is 12.1. The zero-order chi connectivity index (χ0) is 19.5. The molecular formula is C17H17Cl3N2O3S. The van der Waals surface area contributed by atoms with Crippen LogP contribution >= 0.6 is 34.8 Å². The highest BCUT2D eigenvalue weighted by molar-refractivity contribution is 7.92. The smallest absolute Gasteiger partial charge is 0.243 e. The molecule has 0 saturated heterocycles. The van der Waals surface area contributed by atoms with E-state index in [4.69, 9.17) is 34.8 Å². The lowest BCUT2D eigenvalue weighted by atomic mass is 10.2. The van der Waals surface area contributed by atoms with Gasteiger partial charge in [0, 0.05) is 21.6 Å². The van der Waals surface area contributed by atoms with Gasteiger partial charge < -0.3 is 5.32 Å². The minimum atomic E-state index is -3.69. The van der Waals surface area contributed by atoms with Crippen LogP contribution in [0, 0.1) is 0 Å². The van der Waals surface area contributed by atoms with Gasteiger partial charge in [0.1, 0.15) is 6.04 Å². The molecule has 0 unspecified atom stereocenters. The van der Waals surface area contributed by atoms with Crippen LogP contribution in [0.2, 0.25) is 15.1 Å². The Hall–Kier alpha value is -1.47. The minimum Gasteiger partial charge on any atom is -0.350 e. The van der Waals surface area contributed by atoms with Crippen molar-refractivity contribution >= 4 is 56.4 Å². The lowest BCUT2D eigenvalue weighted by Crippen LogP contribution is -2.47. The first-order valence-corrected chi connectivity index (χ1v) is 10.5. The van der Waals surface area contributed by atoms with Crippen molar-refractivity contribution in [3.05, 3.63) is 63.1 Å². The average Bonchev–Trinajstić information content (AvgIpc) is 2.54. The number of hydrogen-bond acceptors (Lipinski definition) is 3. The number of nitrogens with zero attached hydrogens (tertiary/aromatic N) is 1. The molecule has 5 nitrogen and oxygen atoms in total. The predicted octanol–water partition coefficient (Wildman–Crippen LogP) is 4.12. The normalized spacial score (nSPS) is 12.5. The zero-order valence-corrected chi connectivity index (χ0v) is 17.1. The van der Waals surface area contributed by atoms with Gasteiger partial charge in [0.2, 0.25) is 15.9 Å². The maximum absolute atomic E-state index is 12.5. The van der Waals surface area contributed by atoms with Gasteiger partial charge in [-0.25, -0.2) is 8.42 Å². The summed E-state index contributed by atoms with van der Waals surface area (Å²) in [7, 11) is -3.69. The molecule has 0 aromatic heterocycles. The average molecular weight is 436 g/mol. The van der Waals surface area contributed by atoms with E-state index in [0.29, 0.717) is 26.3 Å². The number of halogens is 3. The van der Waals surface area contributed by atoms with Crippen molar-refractivity contribution < 1.29 is 13.2 Å². The third kappa shape index (κ3) is 5.27. The molecule has 140 valence electrons. The van der Waals surface area contributed by atoms with Crippen molar-refractivity contribution in [3.63, 3.8) is 0 Å². The molecule has 0 radical (unpaired) electrons.